The summed E-state index contributed by atoms with van der Waals surface area (Å²) in [5, 5.41) is 0. The van der Waals surface area contributed by atoms with Gasteiger partial charge in [-0.05, 0) is 69.8 Å². The maximum Gasteiger partial charge on any atom is 0.242 e. The third-order valence-electron chi connectivity index (χ3n) is 7.49. The standard InChI is InChI=1S/C29H41N3O3/c1-24-14-15-27(35-24)22-31(19-16-25-10-4-2-5-11-25)28(33)23-32(29(34)26-12-6-7-13-26)21-20-30-17-8-3-9-18-30/h2,4-5,10-11,14-15,26H,3,6-9,12-13,16-23H2,1H3. The summed E-state index contributed by atoms with van der Waals surface area (Å²) in [6.07, 6.45) is 8.67. The Labute approximate surface area is 210 Å². The Balaban J connectivity index is 1.44. The molecular weight excluding hydrogens is 438 g/mol. The van der Waals surface area contributed by atoms with Crippen molar-refractivity contribution >= 4 is 11.8 Å². The molecule has 0 radical (unpaired) electrons. The van der Waals surface area contributed by atoms with E-state index >= 15 is 0 Å². The van der Waals surface area contributed by atoms with E-state index in [1.54, 1.807) is 0 Å². The van der Waals surface area contributed by atoms with Crippen LogP contribution in [0.1, 0.15) is 62.0 Å². The van der Waals surface area contributed by atoms with Crippen molar-refractivity contribution in [2.75, 3.05) is 39.3 Å². The van der Waals surface area contributed by atoms with Crippen LogP contribution in [0, 0.1) is 12.8 Å². The molecule has 6 nitrogen and oxygen atoms in total. The highest BCUT2D eigenvalue weighted by Crippen LogP contribution is 2.27. The van der Waals surface area contributed by atoms with Gasteiger partial charge < -0.3 is 19.1 Å². The molecule has 0 N–H and O–H groups in total. The summed E-state index contributed by atoms with van der Waals surface area (Å²) in [4.78, 5) is 33.2. The fourth-order valence-electron chi connectivity index (χ4n) is 5.37. The van der Waals surface area contributed by atoms with E-state index < -0.39 is 0 Å². The molecule has 1 saturated heterocycles. The molecule has 2 fully saturated rings. The van der Waals surface area contributed by atoms with Gasteiger partial charge in [-0.25, -0.2) is 0 Å². The second-order valence-electron chi connectivity index (χ2n) is 10.2. The zero-order valence-corrected chi connectivity index (χ0v) is 21.3. The number of carbonyl (C=O) groups excluding carboxylic acids is 2. The lowest BCUT2D eigenvalue weighted by Gasteiger charge is -2.32. The highest BCUT2D eigenvalue weighted by atomic mass is 16.3. The lowest BCUT2D eigenvalue weighted by Crippen LogP contribution is -2.48. The minimum Gasteiger partial charge on any atom is -0.464 e. The predicted molar refractivity (Wildman–Crippen MR) is 138 cm³/mol. The molecule has 1 aliphatic heterocycles. The summed E-state index contributed by atoms with van der Waals surface area (Å²) in [5.74, 6) is 1.88. The number of rotatable bonds is 11. The summed E-state index contributed by atoms with van der Waals surface area (Å²) in [7, 11) is 0. The highest BCUT2D eigenvalue weighted by molar-refractivity contribution is 5.86. The lowest BCUT2D eigenvalue weighted by molar-refractivity contribution is -0.143. The summed E-state index contributed by atoms with van der Waals surface area (Å²) >= 11 is 0. The molecule has 1 saturated carbocycles. The quantitative estimate of drug-likeness (QED) is 0.470. The van der Waals surface area contributed by atoms with Gasteiger partial charge in [-0.3, -0.25) is 9.59 Å². The van der Waals surface area contributed by atoms with Crippen LogP contribution in [0.2, 0.25) is 0 Å². The number of furan rings is 1. The number of piperidine rings is 1. The molecule has 0 bridgehead atoms. The lowest BCUT2D eigenvalue weighted by atomic mass is 10.1. The van der Waals surface area contributed by atoms with Crippen molar-refractivity contribution in [3.63, 3.8) is 0 Å². The van der Waals surface area contributed by atoms with Crippen LogP contribution in [0.25, 0.3) is 0 Å². The summed E-state index contributed by atoms with van der Waals surface area (Å²) in [5.41, 5.74) is 1.20. The van der Waals surface area contributed by atoms with Gasteiger partial charge in [0.05, 0.1) is 13.1 Å². The molecule has 0 atom stereocenters. The molecule has 1 aromatic heterocycles. The molecule has 2 amide bonds. The third-order valence-corrected chi connectivity index (χ3v) is 7.49. The van der Waals surface area contributed by atoms with E-state index in [4.69, 9.17) is 4.42 Å². The first-order valence-corrected chi connectivity index (χ1v) is 13.5. The van der Waals surface area contributed by atoms with Gasteiger partial charge in [0.25, 0.3) is 0 Å². The van der Waals surface area contributed by atoms with Gasteiger partial charge in [-0.2, -0.15) is 0 Å². The van der Waals surface area contributed by atoms with Crippen molar-refractivity contribution in [2.24, 2.45) is 5.92 Å². The van der Waals surface area contributed by atoms with Crippen LogP contribution in [0.15, 0.2) is 46.9 Å². The van der Waals surface area contributed by atoms with Gasteiger partial charge in [-0.1, -0.05) is 49.6 Å². The number of hydrogen-bond donors (Lipinski definition) is 0. The number of benzene rings is 1. The molecule has 4 rings (SSSR count). The zero-order valence-electron chi connectivity index (χ0n) is 21.3. The maximum absolute atomic E-state index is 13.6. The van der Waals surface area contributed by atoms with E-state index in [2.05, 4.69) is 17.0 Å². The first-order valence-electron chi connectivity index (χ1n) is 13.5. The minimum absolute atomic E-state index is 0.0000229. The van der Waals surface area contributed by atoms with Gasteiger partial charge >= 0.3 is 0 Å². The average Bonchev–Trinajstić information content (AvgIpc) is 3.57. The summed E-state index contributed by atoms with van der Waals surface area (Å²) < 4.78 is 5.80. The Hall–Kier alpha value is -2.60. The topological polar surface area (TPSA) is 57.0 Å². The SMILES string of the molecule is Cc1ccc(CN(CCc2ccccc2)C(=O)CN(CCN2CCCCC2)C(=O)C2CCCC2)o1. The minimum atomic E-state index is -0.0000229. The Morgan fingerprint density at radius 3 is 2.34 bits per heavy atom. The van der Waals surface area contributed by atoms with E-state index in [9.17, 15) is 9.59 Å². The Kier molecular flexibility index (Phi) is 9.41. The molecule has 1 aliphatic carbocycles. The van der Waals surface area contributed by atoms with Gasteiger partial charge in [0, 0.05) is 25.6 Å². The Morgan fingerprint density at radius 1 is 0.914 bits per heavy atom. The monoisotopic (exact) mass is 479 g/mol. The van der Waals surface area contributed by atoms with Crippen LogP contribution >= 0.6 is 0 Å². The molecule has 2 heterocycles. The number of aryl methyl sites for hydroxylation is 1. The molecule has 6 heteroatoms. The highest BCUT2D eigenvalue weighted by Gasteiger charge is 2.30. The molecule has 2 aromatic rings. The molecule has 1 aromatic carbocycles. The Bertz CT molecular complexity index is 930. The fourth-order valence-corrected chi connectivity index (χ4v) is 5.37. The predicted octanol–water partition coefficient (Wildman–Crippen LogP) is 4.66. The number of hydrogen-bond acceptors (Lipinski definition) is 4. The second-order valence-corrected chi connectivity index (χ2v) is 10.2. The van der Waals surface area contributed by atoms with Crippen LogP contribution in [-0.4, -0.2) is 65.8 Å². The van der Waals surface area contributed by atoms with E-state index in [0.29, 0.717) is 19.6 Å². The molecule has 35 heavy (non-hydrogen) atoms. The average molecular weight is 480 g/mol. The van der Waals surface area contributed by atoms with Crippen LogP contribution < -0.4 is 0 Å². The van der Waals surface area contributed by atoms with Crippen LogP contribution in [0.5, 0.6) is 0 Å². The van der Waals surface area contributed by atoms with Crippen LogP contribution in [-0.2, 0) is 22.6 Å². The maximum atomic E-state index is 13.6. The molecule has 2 aliphatic rings. The van der Waals surface area contributed by atoms with Gasteiger partial charge in [0.15, 0.2) is 0 Å². The van der Waals surface area contributed by atoms with Crippen molar-refractivity contribution in [1.82, 2.24) is 14.7 Å². The van der Waals surface area contributed by atoms with E-state index in [1.807, 2.05) is 47.1 Å². The van der Waals surface area contributed by atoms with Crippen molar-refractivity contribution in [1.29, 1.82) is 0 Å². The van der Waals surface area contributed by atoms with Crippen LogP contribution in [0.3, 0.4) is 0 Å². The van der Waals surface area contributed by atoms with Crippen molar-refractivity contribution < 1.29 is 14.0 Å². The number of carbonyl (C=O) groups is 2. The van der Waals surface area contributed by atoms with Gasteiger partial charge in [0.2, 0.25) is 11.8 Å². The first-order chi connectivity index (χ1) is 17.1. The smallest absolute Gasteiger partial charge is 0.242 e. The second kappa shape index (κ2) is 12.9. The molecule has 0 unspecified atom stereocenters. The van der Waals surface area contributed by atoms with Crippen molar-refractivity contribution in [3.05, 3.63) is 59.5 Å². The fraction of sp³-hybridized carbons (Fsp3) is 0.586. The van der Waals surface area contributed by atoms with Gasteiger partial charge in [0.1, 0.15) is 11.5 Å². The first kappa shape index (κ1) is 25.5. The molecule has 190 valence electrons. The number of amides is 2. The van der Waals surface area contributed by atoms with E-state index in [1.165, 1.54) is 24.8 Å². The van der Waals surface area contributed by atoms with Gasteiger partial charge in [-0.15, -0.1) is 0 Å². The zero-order chi connectivity index (χ0) is 24.5. The van der Waals surface area contributed by atoms with Crippen LogP contribution in [0.4, 0.5) is 0 Å². The molecular formula is C29H41N3O3. The van der Waals surface area contributed by atoms with Crippen molar-refractivity contribution in [3.8, 4) is 0 Å². The third kappa shape index (κ3) is 7.69. The van der Waals surface area contributed by atoms with Crippen molar-refractivity contribution in [2.45, 2.75) is 64.8 Å². The summed E-state index contributed by atoms with van der Waals surface area (Å²) in [6, 6.07) is 14.1. The van der Waals surface area contributed by atoms with E-state index in [-0.39, 0.29) is 24.3 Å². The summed E-state index contributed by atoms with van der Waals surface area (Å²) in [6.45, 7) is 6.78. The van der Waals surface area contributed by atoms with E-state index in [0.717, 1.165) is 63.3 Å². The number of nitrogens with zero attached hydrogens (tertiary/aromatic N) is 3. The Morgan fingerprint density at radius 2 is 1.66 bits per heavy atom. The normalized spacial score (nSPS) is 16.9. The number of likely N-dealkylation sites (tertiary alicyclic amines) is 1. The largest absolute Gasteiger partial charge is 0.464 e. The molecule has 0 spiro atoms.